The van der Waals surface area contributed by atoms with Gasteiger partial charge < -0.3 is 11.5 Å². The van der Waals surface area contributed by atoms with Crippen LogP contribution in [0, 0.1) is 0 Å². The first kappa shape index (κ1) is 9.68. The van der Waals surface area contributed by atoms with E-state index in [4.69, 9.17) is 28.9 Å². The summed E-state index contributed by atoms with van der Waals surface area (Å²) in [5.74, 6) is -1.72. The van der Waals surface area contributed by atoms with Crippen LogP contribution in [0.2, 0.25) is 0 Å². The van der Waals surface area contributed by atoms with Gasteiger partial charge in [-0.2, -0.15) is 0 Å². The van der Waals surface area contributed by atoms with Gasteiger partial charge >= 0.3 is 0 Å². The summed E-state index contributed by atoms with van der Waals surface area (Å²) in [5, 5.41) is 0. The maximum absolute atomic E-state index is 10.6. The van der Waals surface area contributed by atoms with Crippen molar-refractivity contribution in [3.63, 3.8) is 0 Å². The van der Waals surface area contributed by atoms with E-state index in [0.29, 0.717) is 0 Å². The van der Waals surface area contributed by atoms with Crippen molar-refractivity contribution in [2.24, 2.45) is 11.5 Å². The van der Waals surface area contributed by atoms with Crippen molar-refractivity contribution >= 4 is 34.9 Å². The summed E-state index contributed by atoms with van der Waals surface area (Å²) in [6, 6.07) is -1.40. The van der Waals surface area contributed by atoms with Gasteiger partial charge in [0.05, 0.1) is 0 Å². The molecule has 0 fully saturated rings. The summed E-state index contributed by atoms with van der Waals surface area (Å²) >= 11 is 10.2. The number of hydrogen-bond donors (Lipinski definition) is 2. The minimum absolute atomic E-state index is 0.782. The zero-order valence-corrected chi connectivity index (χ0v) is 6.39. The number of carbonyl (C=O) groups excluding carboxylic acids is 2. The topological polar surface area (TPSA) is 86.2 Å². The van der Waals surface area contributed by atoms with Crippen LogP contribution in [0.4, 0.5) is 0 Å². The van der Waals surface area contributed by atoms with Crippen molar-refractivity contribution in [3.8, 4) is 0 Å². The van der Waals surface area contributed by atoms with E-state index in [1.807, 2.05) is 0 Å². The van der Waals surface area contributed by atoms with Crippen LogP contribution in [0.5, 0.6) is 0 Å². The lowest BCUT2D eigenvalue weighted by molar-refractivity contribution is -0.127. The standard InChI is InChI=1S/C4H6Cl2N2O2/c5-3(6)2(9)1(7)4(8)10/h1,3H,7H2,(H2,8,10). The first-order valence-electron chi connectivity index (χ1n) is 2.33. The normalized spacial score (nSPS) is 13.2. The Kier molecular flexibility index (Phi) is 3.63. The van der Waals surface area contributed by atoms with Crippen molar-refractivity contribution in [3.05, 3.63) is 0 Å². The van der Waals surface area contributed by atoms with E-state index in [9.17, 15) is 9.59 Å². The van der Waals surface area contributed by atoms with Gasteiger partial charge in [0, 0.05) is 0 Å². The van der Waals surface area contributed by atoms with Crippen LogP contribution in [0.15, 0.2) is 0 Å². The van der Waals surface area contributed by atoms with Crippen molar-refractivity contribution in [2.45, 2.75) is 10.9 Å². The number of rotatable bonds is 3. The SMILES string of the molecule is NC(=O)C(N)C(=O)C(Cl)Cl. The Hall–Kier alpha value is -0.320. The highest BCUT2D eigenvalue weighted by atomic mass is 35.5. The van der Waals surface area contributed by atoms with Gasteiger partial charge in [-0.05, 0) is 0 Å². The monoisotopic (exact) mass is 184 g/mol. The van der Waals surface area contributed by atoms with Crippen molar-refractivity contribution < 1.29 is 9.59 Å². The largest absolute Gasteiger partial charge is 0.368 e. The summed E-state index contributed by atoms with van der Waals surface area (Å²) in [6.07, 6.45) is 0. The van der Waals surface area contributed by atoms with Crippen LogP contribution in [-0.2, 0) is 9.59 Å². The zero-order valence-electron chi connectivity index (χ0n) is 4.88. The van der Waals surface area contributed by atoms with E-state index < -0.39 is 22.6 Å². The molecule has 0 spiro atoms. The second-order valence-corrected chi connectivity index (χ2v) is 2.68. The molecule has 1 unspecified atom stereocenters. The highest BCUT2D eigenvalue weighted by Gasteiger charge is 2.24. The van der Waals surface area contributed by atoms with Crippen LogP contribution >= 0.6 is 23.2 Å². The minimum atomic E-state index is -1.40. The molecule has 0 heterocycles. The number of Topliss-reactive ketones (excluding diaryl/α,β-unsaturated/α-hetero) is 1. The van der Waals surface area contributed by atoms with Gasteiger partial charge in [0.2, 0.25) is 5.91 Å². The first-order chi connectivity index (χ1) is 4.46. The van der Waals surface area contributed by atoms with Crippen LogP contribution in [0.3, 0.4) is 0 Å². The van der Waals surface area contributed by atoms with Crippen molar-refractivity contribution in [1.82, 2.24) is 0 Å². The van der Waals surface area contributed by atoms with Crippen LogP contribution in [0.1, 0.15) is 0 Å². The van der Waals surface area contributed by atoms with Gasteiger partial charge in [0.15, 0.2) is 10.6 Å². The minimum Gasteiger partial charge on any atom is -0.368 e. The molecule has 58 valence electrons. The fraction of sp³-hybridized carbons (Fsp3) is 0.500. The molecule has 0 rings (SSSR count). The quantitative estimate of drug-likeness (QED) is 0.444. The molecule has 0 saturated carbocycles. The highest BCUT2D eigenvalue weighted by molar-refractivity contribution is 6.55. The van der Waals surface area contributed by atoms with Gasteiger partial charge in [-0.25, -0.2) is 0 Å². The Balaban J connectivity index is 4.08. The molecule has 4 N–H and O–H groups in total. The Bertz CT molecular complexity index is 159. The Labute approximate surface area is 67.4 Å². The van der Waals surface area contributed by atoms with Crippen molar-refractivity contribution in [1.29, 1.82) is 0 Å². The van der Waals surface area contributed by atoms with E-state index in [0.717, 1.165) is 0 Å². The maximum atomic E-state index is 10.6. The molecule has 0 aromatic carbocycles. The van der Waals surface area contributed by atoms with Gasteiger partial charge in [0.25, 0.3) is 0 Å². The van der Waals surface area contributed by atoms with Crippen LogP contribution in [0.25, 0.3) is 0 Å². The molecule has 10 heavy (non-hydrogen) atoms. The number of carbonyl (C=O) groups is 2. The van der Waals surface area contributed by atoms with Gasteiger partial charge in [-0.1, -0.05) is 23.2 Å². The third-order valence-corrected chi connectivity index (χ3v) is 1.26. The first-order valence-corrected chi connectivity index (χ1v) is 3.21. The van der Waals surface area contributed by atoms with E-state index in [1.54, 1.807) is 0 Å². The summed E-state index contributed by atoms with van der Waals surface area (Å²) in [4.78, 5) is 19.5. The fourth-order valence-corrected chi connectivity index (χ4v) is 0.547. The smallest absolute Gasteiger partial charge is 0.242 e. The van der Waals surface area contributed by atoms with Gasteiger partial charge in [-0.15, -0.1) is 0 Å². The average Bonchev–Trinajstić information content (AvgIpc) is 1.84. The molecule has 6 heteroatoms. The lowest BCUT2D eigenvalue weighted by Gasteiger charge is -2.04. The van der Waals surface area contributed by atoms with Crippen LogP contribution in [-0.4, -0.2) is 22.6 Å². The second-order valence-electron chi connectivity index (χ2n) is 1.58. The Morgan fingerprint density at radius 3 is 1.80 bits per heavy atom. The summed E-state index contributed by atoms with van der Waals surface area (Å²) in [5.41, 5.74) is 9.64. The number of ketones is 1. The number of primary amides is 1. The molecule has 0 aliphatic rings. The number of halogens is 2. The fourth-order valence-electron chi connectivity index (χ4n) is 0.276. The lowest BCUT2D eigenvalue weighted by Crippen LogP contribution is -2.45. The Morgan fingerprint density at radius 2 is 1.70 bits per heavy atom. The molecule has 0 saturated heterocycles. The zero-order chi connectivity index (χ0) is 8.31. The number of hydrogen-bond acceptors (Lipinski definition) is 3. The highest BCUT2D eigenvalue weighted by Crippen LogP contribution is 2.04. The molecular weight excluding hydrogens is 179 g/mol. The summed E-state index contributed by atoms with van der Waals surface area (Å²) in [6.45, 7) is 0. The number of amides is 1. The maximum Gasteiger partial charge on any atom is 0.242 e. The molecule has 0 aliphatic heterocycles. The predicted octanol–water partition coefficient (Wildman–Crippen LogP) is -0.828. The molecule has 1 atom stereocenters. The van der Waals surface area contributed by atoms with E-state index >= 15 is 0 Å². The van der Waals surface area contributed by atoms with E-state index in [1.165, 1.54) is 0 Å². The molecule has 0 aromatic heterocycles. The molecule has 0 aromatic rings. The van der Waals surface area contributed by atoms with Crippen LogP contribution < -0.4 is 11.5 Å². The summed E-state index contributed by atoms with van der Waals surface area (Å²) < 4.78 is 0. The third kappa shape index (κ3) is 2.51. The Morgan fingerprint density at radius 1 is 1.30 bits per heavy atom. The molecule has 0 radical (unpaired) electrons. The van der Waals surface area contributed by atoms with E-state index in [2.05, 4.69) is 5.73 Å². The van der Waals surface area contributed by atoms with E-state index in [-0.39, 0.29) is 0 Å². The molecular formula is C4H6Cl2N2O2. The van der Waals surface area contributed by atoms with Gasteiger partial charge in [0.1, 0.15) is 6.04 Å². The predicted molar refractivity (Wildman–Crippen MR) is 37.7 cm³/mol. The summed E-state index contributed by atoms with van der Waals surface area (Å²) in [7, 11) is 0. The van der Waals surface area contributed by atoms with Gasteiger partial charge in [-0.3, -0.25) is 9.59 Å². The molecule has 4 nitrogen and oxygen atoms in total. The molecule has 0 bridgehead atoms. The molecule has 1 amide bonds. The second kappa shape index (κ2) is 3.75. The third-order valence-electron chi connectivity index (χ3n) is 0.828. The number of nitrogens with two attached hydrogens (primary N) is 2. The molecule has 0 aliphatic carbocycles. The van der Waals surface area contributed by atoms with Crippen molar-refractivity contribution in [2.75, 3.05) is 0 Å². The number of alkyl halides is 2. The average molecular weight is 185 g/mol. The lowest BCUT2D eigenvalue weighted by atomic mass is 10.2.